The van der Waals surface area contributed by atoms with Gasteiger partial charge in [-0.2, -0.15) is 0 Å². The maximum Gasteiger partial charge on any atom is 0.115 e. The van der Waals surface area contributed by atoms with Crippen molar-refractivity contribution in [1.29, 1.82) is 0 Å². The second-order valence-corrected chi connectivity index (χ2v) is 4.19. The Morgan fingerprint density at radius 1 is 1.33 bits per heavy atom. The van der Waals surface area contributed by atoms with Gasteiger partial charge in [0.1, 0.15) is 5.75 Å². The van der Waals surface area contributed by atoms with Crippen LogP contribution in [0, 0.1) is 5.92 Å². The number of hydrogen-bond donors (Lipinski definition) is 3. The number of phenolic OH excluding ortho intramolecular Hbond substituents is 1. The van der Waals surface area contributed by atoms with Gasteiger partial charge in [-0.05, 0) is 55.6 Å². The fourth-order valence-electron chi connectivity index (χ4n) is 2.33. The summed E-state index contributed by atoms with van der Waals surface area (Å²) >= 11 is 0. The monoisotopic (exact) mass is 206 g/mol. The molecule has 2 rings (SSSR count). The Balaban J connectivity index is 2.16. The van der Waals surface area contributed by atoms with Gasteiger partial charge < -0.3 is 16.2 Å². The van der Waals surface area contributed by atoms with E-state index in [4.69, 9.17) is 5.73 Å². The van der Waals surface area contributed by atoms with Crippen molar-refractivity contribution >= 4 is 0 Å². The number of nitrogens with one attached hydrogen (secondary N) is 1. The van der Waals surface area contributed by atoms with Crippen LogP contribution in [0.3, 0.4) is 0 Å². The molecule has 82 valence electrons. The molecular formula is C12H18N2O. The predicted octanol–water partition coefficient (Wildman–Crippen LogP) is 1.04. The molecule has 0 bridgehead atoms. The van der Waals surface area contributed by atoms with Crippen LogP contribution in [0.1, 0.15) is 17.9 Å². The second-order valence-electron chi connectivity index (χ2n) is 4.19. The third kappa shape index (κ3) is 2.30. The summed E-state index contributed by atoms with van der Waals surface area (Å²) in [5.41, 5.74) is 7.07. The lowest BCUT2D eigenvalue weighted by atomic mass is 9.81. The highest BCUT2D eigenvalue weighted by molar-refractivity contribution is 5.29. The first kappa shape index (κ1) is 10.5. The number of rotatable bonds is 2. The van der Waals surface area contributed by atoms with Gasteiger partial charge in [0.2, 0.25) is 0 Å². The van der Waals surface area contributed by atoms with Crippen LogP contribution in [0.15, 0.2) is 24.3 Å². The number of piperidine rings is 1. The molecule has 2 unspecified atom stereocenters. The number of nitrogens with two attached hydrogens (primary N) is 1. The van der Waals surface area contributed by atoms with Gasteiger partial charge in [0.15, 0.2) is 0 Å². The SMILES string of the molecule is NCC1CNCCC1c1ccc(O)cc1. The fraction of sp³-hybridized carbons (Fsp3) is 0.500. The van der Waals surface area contributed by atoms with Crippen LogP contribution in [0.4, 0.5) is 0 Å². The van der Waals surface area contributed by atoms with E-state index in [1.54, 1.807) is 12.1 Å². The predicted molar refractivity (Wildman–Crippen MR) is 60.9 cm³/mol. The highest BCUT2D eigenvalue weighted by atomic mass is 16.3. The zero-order valence-electron chi connectivity index (χ0n) is 8.82. The third-order valence-electron chi connectivity index (χ3n) is 3.23. The second kappa shape index (κ2) is 4.64. The summed E-state index contributed by atoms with van der Waals surface area (Å²) in [6.45, 7) is 2.78. The molecule has 1 saturated heterocycles. The van der Waals surface area contributed by atoms with E-state index < -0.39 is 0 Å². The zero-order chi connectivity index (χ0) is 10.7. The number of hydrogen-bond acceptors (Lipinski definition) is 3. The quantitative estimate of drug-likeness (QED) is 0.677. The van der Waals surface area contributed by atoms with Crippen LogP contribution in [-0.4, -0.2) is 24.7 Å². The molecule has 0 amide bonds. The Kier molecular flexibility index (Phi) is 3.23. The molecule has 1 aromatic rings. The maximum atomic E-state index is 9.24. The van der Waals surface area contributed by atoms with Crippen molar-refractivity contribution in [3.8, 4) is 5.75 Å². The first-order valence-electron chi connectivity index (χ1n) is 5.51. The molecule has 0 spiro atoms. The van der Waals surface area contributed by atoms with Gasteiger partial charge in [-0.1, -0.05) is 12.1 Å². The Morgan fingerprint density at radius 2 is 2.07 bits per heavy atom. The molecule has 4 N–H and O–H groups in total. The minimum absolute atomic E-state index is 0.331. The van der Waals surface area contributed by atoms with Crippen molar-refractivity contribution in [1.82, 2.24) is 5.32 Å². The molecule has 15 heavy (non-hydrogen) atoms. The largest absolute Gasteiger partial charge is 0.508 e. The van der Waals surface area contributed by atoms with Gasteiger partial charge in [0.05, 0.1) is 0 Å². The topological polar surface area (TPSA) is 58.3 Å². The van der Waals surface area contributed by atoms with Crippen molar-refractivity contribution in [2.75, 3.05) is 19.6 Å². The van der Waals surface area contributed by atoms with E-state index in [1.165, 1.54) is 5.56 Å². The van der Waals surface area contributed by atoms with Crippen molar-refractivity contribution < 1.29 is 5.11 Å². The molecule has 0 saturated carbocycles. The van der Waals surface area contributed by atoms with E-state index in [1.807, 2.05) is 12.1 Å². The van der Waals surface area contributed by atoms with Crippen molar-refractivity contribution in [3.63, 3.8) is 0 Å². The molecule has 2 atom stereocenters. The lowest BCUT2D eigenvalue weighted by Gasteiger charge is -2.31. The standard InChI is InChI=1S/C12H18N2O/c13-7-10-8-14-6-5-12(10)9-1-3-11(15)4-2-9/h1-4,10,12,14-15H,5-8,13H2. The summed E-state index contributed by atoms with van der Waals surface area (Å²) in [4.78, 5) is 0. The van der Waals surface area contributed by atoms with E-state index in [2.05, 4.69) is 5.32 Å². The fourth-order valence-corrected chi connectivity index (χ4v) is 2.33. The normalized spacial score (nSPS) is 26.5. The summed E-state index contributed by atoms with van der Waals surface area (Å²) < 4.78 is 0. The van der Waals surface area contributed by atoms with Crippen LogP contribution >= 0.6 is 0 Å². The summed E-state index contributed by atoms with van der Waals surface area (Å²) in [6, 6.07) is 7.53. The van der Waals surface area contributed by atoms with Crippen LogP contribution in [0.5, 0.6) is 5.75 Å². The first-order chi connectivity index (χ1) is 7.31. The summed E-state index contributed by atoms with van der Waals surface area (Å²) in [6.07, 6.45) is 1.13. The van der Waals surface area contributed by atoms with Gasteiger partial charge in [-0.15, -0.1) is 0 Å². The molecule has 0 radical (unpaired) electrons. The average Bonchev–Trinajstić information content (AvgIpc) is 2.30. The molecule has 3 nitrogen and oxygen atoms in total. The Bertz CT molecular complexity index is 310. The van der Waals surface area contributed by atoms with Gasteiger partial charge in [-0.3, -0.25) is 0 Å². The highest BCUT2D eigenvalue weighted by Gasteiger charge is 2.24. The van der Waals surface area contributed by atoms with Gasteiger partial charge in [0.25, 0.3) is 0 Å². The third-order valence-corrected chi connectivity index (χ3v) is 3.23. The van der Waals surface area contributed by atoms with Gasteiger partial charge in [0, 0.05) is 0 Å². The van der Waals surface area contributed by atoms with E-state index in [-0.39, 0.29) is 0 Å². The summed E-state index contributed by atoms with van der Waals surface area (Å²) in [5.74, 6) is 1.39. The average molecular weight is 206 g/mol. The molecule has 1 aliphatic heterocycles. The van der Waals surface area contributed by atoms with E-state index in [9.17, 15) is 5.11 Å². The number of benzene rings is 1. The lowest BCUT2D eigenvalue weighted by Crippen LogP contribution is -2.39. The van der Waals surface area contributed by atoms with E-state index >= 15 is 0 Å². The summed E-state index contributed by atoms with van der Waals surface area (Å²) in [5, 5.41) is 12.6. The molecule has 1 heterocycles. The molecular weight excluding hydrogens is 188 g/mol. The maximum absolute atomic E-state index is 9.24. The van der Waals surface area contributed by atoms with Gasteiger partial charge >= 0.3 is 0 Å². The Morgan fingerprint density at radius 3 is 2.73 bits per heavy atom. The van der Waals surface area contributed by atoms with E-state index in [0.717, 1.165) is 26.1 Å². The Hall–Kier alpha value is -1.06. The van der Waals surface area contributed by atoms with Crippen LogP contribution < -0.4 is 11.1 Å². The van der Waals surface area contributed by atoms with Crippen LogP contribution in [-0.2, 0) is 0 Å². The number of phenols is 1. The first-order valence-corrected chi connectivity index (χ1v) is 5.51. The number of aromatic hydroxyl groups is 1. The minimum atomic E-state index is 0.331. The van der Waals surface area contributed by atoms with Crippen molar-refractivity contribution in [2.45, 2.75) is 12.3 Å². The molecule has 3 heteroatoms. The van der Waals surface area contributed by atoms with Crippen LogP contribution in [0.2, 0.25) is 0 Å². The van der Waals surface area contributed by atoms with E-state index in [0.29, 0.717) is 17.6 Å². The lowest BCUT2D eigenvalue weighted by molar-refractivity contribution is 0.333. The van der Waals surface area contributed by atoms with Crippen LogP contribution in [0.25, 0.3) is 0 Å². The zero-order valence-corrected chi connectivity index (χ0v) is 8.82. The van der Waals surface area contributed by atoms with Crippen molar-refractivity contribution in [3.05, 3.63) is 29.8 Å². The van der Waals surface area contributed by atoms with Crippen molar-refractivity contribution in [2.24, 2.45) is 11.7 Å². The smallest absolute Gasteiger partial charge is 0.115 e. The highest BCUT2D eigenvalue weighted by Crippen LogP contribution is 2.30. The van der Waals surface area contributed by atoms with Gasteiger partial charge in [-0.25, -0.2) is 0 Å². The molecule has 1 aromatic carbocycles. The molecule has 0 aromatic heterocycles. The molecule has 1 fully saturated rings. The summed E-state index contributed by atoms with van der Waals surface area (Å²) in [7, 11) is 0. The molecule has 0 aliphatic carbocycles. The Labute approximate surface area is 90.3 Å². The minimum Gasteiger partial charge on any atom is -0.508 e. The molecule has 1 aliphatic rings.